The minimum absolute atomic E-state index is 0.0418. The number of nitrogens with zero attached hydrogens (tertiary/aromatic N) is 2. The van der Waals surface area contributed by atoms with Crippen molar-refractivity contribution in [1.29, 1.82) is 0 Å². The van der Waals surface area contributed by atoms with Crippen molar-refractivity contribution in [1.82, 2.24) is 9.88 Å². The van der Waals surface area contributed by atoms with E-state index in [0.717, 1.165) is 13.0 Å². The van der Waals surface area contributed by atoms with E-state index in [9.17, 15) is 4.79 Å². The molecule has 2 heterocycles. The number of pyridine rings is 1. The Labute approximate surface area is 135 Å². The fourth-order valence-electron chi connectivity index (χ4n) is 2.68. The zero-order valence-corrected chi connectivity index (χ0v) is 13.1. The van der Waals surface area contributed by atoms with Crippen LogP contribution < -0.4 is 4.74 Å². The molecule has 0 N–H and O–H groups in total. The molecule has 0 spiro atoms. The summed E-state index contributed by atoms with van der Waals surface area (Å²) in [7, 11) is 0. The zero-order chi connectivity index (χ0) is 16.1. The lowest BCUT2D eigenvalue weighted by atomic mass is 10.2. The van der Waals surface area contributed by atoms with Crippen molar-refractivity contribution in [3.8, 4) is 11.5 Å². The second-order valence-electron chi connectivity index (χ2n) is 5.43. The standard InChI is InChI=1S/C18H20N2O3/c1-2-22-17-9-11-20(13-17)18(21)14-5-7-15(8-6-14)23-16-4-3-10-19-12-16/h3-8,10,12,17H,2,9,11,13H2,1H3/t17-/m0/s1. The van der Waals surface area contributed by atoms with E-state index in [4.69, 9.17) is 9.47 Å². The van der Waals surface area contributed by atoms with E-state index in [1.807, 2.05) is 24.0 Å². The van der Waals surface area contributed by atoms with Gasteiger partial charge in [-0.1, -0.05) is 0 Å². The maximum Gasteiger partial charge on any atom is 0.253 e. The number of carbonyl (C=O) groups excluding carboxylic acids is 1. The van der Waals surface area contributed by atoms with Crippen molar-refractivity contribution in [2.45, 2.75) is 19.4 Å². The Morgan fingerprint density at radius 3 is 2.78 bits per heavy atom. The third-order valence-corrected chi connectivity index (χ3v) is 3.81. The predicted octanol–water partition coefficient (Wildman–Crippen LogP) is 3.12. The highest BCUT2D eigenvalue weighted by Crippen LogP contribution is 2.22. The van der Waals surface area contributed by atoms with Crippen LogP contribution in [0.1, 0.15) is 23.7 Å². The molecule has 1 amide bonds. The molecule has 0 saturated carbocycles. The predicted molar refractivity (Wildman–Crippen MR) is 86.7 cm³/mol. The van der Waals surface area contributed by atoms with E-state index >= 15 is 0 Å². The van der Waals surface area contributed by atoms with Gasteiger partial charge in [0.25, 0.3) is 5.91 Å². The molecule has 1 saturated heterocycles. The fourth-order valence-corrected chi connectivity index (χ4v) is 2.68. The fraction of sp³-hybridized carbons (Fsp3) is 0.333. The first kappa shape index (κ1) is 15.5. The highest BCUT2D eigenvalue weighted by atomic mass is 16.5. The maximum absolute atomic E-state index is 12.5. The van der Waals surface area contributed by atoms with E-state index in [0.29, 0.717) is 30.2 Å². The third-order valence-electron chi connectivity index (χ3n) is 3.81. The van der Waals surface area contributed by atoms with Crippen molar-refractivity contribution in [2.75, 3.05) is 19.7 Å². The van der Waals surface area contributed by atoms with E-state index in [1.54, 1.807) is 36.7 Å². The van der Waals surface area contributed by atoms with Crippen LogP contribution in [0, 0.1) is 0 Å². The van der Waals surface area contributed by atoms with Gasteiger partial charge in [0.05, 0.1) is 12.3 Å². The average molecular weight is 312 g/mol. The van der Waals surface area contributed by atoms with E-state index in [2.05, 4.69) is 4.98 Å². The number of benzene rings is 1. The van der Waals surface area contributed by atoms with Crippen molar-refractivity contribution < 1.29 is 14.3 Å². The lowest BCUT2D eigenvalue weighted by Gasteiger charge is -2.16. The van der Waals surface area contributed by atoms with Gasteiger partial charge in [0.15, 0.2) is 0 Å². The molecule has 1 fully saturated rings. The van der Waals surface area contributed by atoms with Crippen LogP contribution >= 0.6 is 0 Å². The number of carbonyl (C=O) groups is 1. The van der Waals surface area contributed by atoms with Gasteiger partial charge in [0, 0.05) is 31.5 Å². The van der Waals surface area contributed by atoms with Gasteiger partial charge in [0.1, 0.15) is 11.5 Å². The summed E-state index contributed by atoms with van der Waals surface area (Å²) in [6.07, 6.45) is 4.41. The van der Waals surface area contributed by atoms with E-state index in [1.165, 1.54) is 0 Å². The van der Waals surface area contributed by atoms with Crippen LogP contribution in [0.4, 0.5) is 0 Å². The average Bonchev–Trinajstić information content (AvgIpc) is 3.05. The Morgan fingerprint density at radius 1 is 1.26 bits per heavy atom. The Hall–Kier alpha value is -2.40. The molecule has 1 aromatic carbocycles. The summed E-state index contributed by atoms with van der Waals surface area (Å²) in [5, 5.41) is 0. The summed E-state index contributed by atoms with van der Waals surface area (Å²) in [6, 6.07) is 10.8. The largest absolute Gasteiger partial charge is 0.456 e. The second-order valence-corrected chi connectivity index (χ2v) is 5.43. The lowest BCUT2D eigenvalue weighted by molar-refractivity contribution is 0.0598. The molecule has 3 rings (SSSR count). The molecule has 2 aromatic rings. The maximum atomic E-state index is 12.5. The van der Waals surface area contributed by atoms with Crippen LogP contribution in [0.15, 0.2) is 48.8 Å². The topological polar surface area (TPSA) is 51.7 Å². The quantitative estimate of drug-likeness (QED) is 0.851. The Balaban J connectivity index is 1.62. The van der Waals surface area contributed by atoms with Crippen LogP contribution in [-0.4, -0.2) is 41.6 Å². The van der Waals surface area contributed by atoms with Crippen molar-refractivity contribution in [2.24, 2.45) is 0 Å². The van der Waals surface area contributed by atoms with Gasteiger partial charge in [-0.3, -0.25) is 9.78 Å². The molecule has 1 aromatic heterocycles. The lowest BCUT2D eigenvalue weighted by Crippen LogP contribution is -2.30. The molecule has 0 radical (unpaired) electrons. The number of likely N-dealkylation sites (tertiary alicyclic amines) is 1. The van der Waals surface area contributed by atoms with Gasteiger partial charge in [-0.15, -0.1) is 0 Å². The number of amides is 1. The normalized spacial score (nSPS) is 17.3. The Morgan fingerprint density at radius 2 is 2.09 bits per heavy atom. The van der Waals surface area contributed by atoms with Gasteiger partial charge in [-0.25, -0.2) is 0 Å². The summed E-state index contributed by atoms with van der Waals surface area (Å²) in [4.78, 5) is 18.3. The van der Waals surface area contributed by atoms with Crippen LogP contribution in [0.25, 0.3) is 0 Å². The zero-order valence-electron chi connectivity index (χ0n) is 13.1. The van der Waals surface area contributed by atoms with Gasteiger partial charge >= 0.3 is 0 Å². The molecule has 1 atom stereocenters. The highest BCUT2D eigenvalue weighted by Gasteiger charge is 2.27. The summed E-state index contributed by atoms with van der Waals surface area (Å²) in [6.45, 7) is 4.08. The summed E-state index contributed by atoms with van der Waals surface area (Å²) in [5.74, 6) is 1.40. The molecular weight excluding hydrogens is 292 g/mol. The summed E-state index contributed by atoms with van der Waals surface area (Å²) < 4.78 is 11.3. The van der Waals surface area contributed by atoms with Crippen LogP contribution in [0.3, 0.4) is 0 Å². The molecule has 5 nitrogen and oxygen atoms in total. The Bertz CT molecular complexity index is 643. The van der Waals surface area contributed by atoms with Crippen molar-refractivity contribution >= 4 is 5.91 Å². The number of rotatable bonds is 5. The van der Waals surface area contributed by atoms with Gasteiger partial charge < -0.3 is 14.4 Å². The highest BCUT2D eigenvalue weighted by molar-refractivity contribution is 5.94. The van der Waals surface area contributed by atoms with Crippen molar-refractivity contribution in [3.63, 3.8) is 0 Å². The monoisotopic (exact) mass is 312 g/mol. The first-order valence-electron chi connectivity index (χ1n) is 7.85. The first-order chi connectivity index (χ1) is 11.3. The van der Waals surface area contributed by atoms with Gasteiger partial charge in [0.2, 0.25) is 0 Å². The smallest absolute Gasteiger partial charge is 0.253 e. The molecular formula is C18H20N2O3. The minimum atomic E-state index is 0.0418. The van der Waals surface area contributed by atoms with Crippen molar-refractivity contribution in [3.05, 3.63) is 54.4 Å². The van der Waals surface area contributed by atoms with Gasteiger partial charge in [-0.05, 0) is 49.7 Å². The molecule has 0 bridgehead atoms. The molecule has 0 aliphatic carbocycles. The molecule has 120 valence electrons. The molecule has 1 aliphatic rings. The van der Waals surface area contributed by atoms with E-state index < -0.39 is 0 Å². The SMILES string of the molecule is CCO[C@H]1CCN(C(=O)c2ccc(Oc3cccnc3)cc2)C1. The minimum Gasteiger partial charge on any atom is -0.456 e. The van der Waals surface area contributed by atoms with Crippen LogP contribution in [0.2, 0.25) is 0 Å². The summed E-state index contributed by atoms with van der Waals surface area (Å²) >= 11 is 0. The third kappa shape index (κ3) is 3.87. The molecule has 23 heavy (non-hydrogen) atoms. The number of hydrogen-bond donors (Lipinski definition) is 0. The first-order valence-corrected chi connectivity index (χ1v) is 7.85. The van der Waals surface area contributed by atoms with Crippen LogP contribution in [-0.2, 0) is 4.74 Å². The second kappa shape index (κ2) is 7.24. The Kier molecular flexibility index (Phi) is 4.88. The summed E-state index contributed by atoms with van der Waals surface area (Å²) in [5.41, 5.74) is 0.667. The number of ether oxygens (including phenoxy) is 2. The molecule has 1 aliphatic heterocycles. The molecule has 0 unspecified atom stereocenters. The van der Waals surface area contributed by atoms with E-state index in [-0.39, 0.29) is 12.0 Å². The van der Waals surface area contributed by atoms with Gasteiger partial charge in [-0.2, -0.15) is 0 Å². The number of hydrogen-bond acceptors (Lipinski definition) is 4. The number of aromatic nitrogens is 1. The molecule has 5 heteroatoms. The van der Waals surface area contributed by atoms with Crippen LogP contribution in [0.5, 0.6) is 11.5 Å².